The Morgan fingerprint density at radius 3 is 2.91 bits per heavy atom. The Hall–Kier alpha value is -1.85. The Balaban J connectivity index is 1.52. The van der Waals surface area contributed by atoms with Gasteiger partial charge in [-0.05, 0) is 49.5 Å². The number of nitrogens with one attached hydrogen (secondary N) is 2. The number of likely N-dealkylation sites (tertiary alicyclic amines) is 1. The van der Waals surface area contributed by atoms with Gasteiger partial charge in [0.15, 0.2) is 0 Å². The fraction of sp³-hybridized carbons (Fsp3) is 0.471. The molecule has 1 aliphatic rings. The predicted molar refractivity (Wildman–Crippen MR) is 87.4 cm³/mol. The second kappa shape index (κ2) is 7.42. The maximum absolute atomic E-state index is 9.21. The molecule has 0 bridgehead atoms. The number of aliphatic hydroxyl groups is 1. The van der Waals surface area contributed by atoms with Gasteiger partial charge in [-0.25, -0.2) is 4.98 Å². The molecule has 0 unspecified atom stereocenters. The van der Waals surface area contributed by atoms with Crippen molar-refractivity contribution in [2.24, 2.45) is 5.92 Å². The number of aliphatic hydroxyl groups excluding tert-OH is 1. The van der Waals surface area contributed by atoms with Crippen molar-refractivity contribution in [1.29, 1.82) is 0 Å². The zero-order valence-electron chi connectivity index (χ0n) is 12.8. The molecular weight excluding hydrogens is 276 g/mol. The highest BCUT2D eigenvalue weighted by molar-refractivity contribution is 5.45. The van der Waals surface area contributed by atoms with Crippen LogP contribution in [0.2, 0.25) is 0 Å². The molecule has 22 heavy (non-hydrogen) atoms. The maximum Gasteiger partial charge on any atom is 0.125 e. The zero-order chi connectivity index (χ0) is 15.2. The minimum absolute atomic E-state index is 0.333. The van der Waals surface area contributed by atoms with E-state index < -0.39 is 0 Å². The van der Waals surface area contributed by atoms with Crippen LogP contribution in [0.1, 0.15) is 24.2 Å². The Labute approximate surface area is 131 Å². The number of rotatable bonds is 6. The number of H-pyrrole nitrogens is 1. The van der Waals surface area contributed by atoms with E-state index in [9.17, 15) is 5.11 Å². The summed E-state index contributed by atoms with van der Waals surface area (Å²) in [4.78, 5) is 9.78. The van der Waals surface area contributed by atoms with Crippen LogP contribution in [-0.4, -0.2) is 39.7 Å². The van der Waals surface area contributed by atoms with Crippen LogP contribution in [0.5, 0.6) is 0 Å². The second-order valence-electron chi connectivity index (χ2n) is 5.99. The molecule has 0 atom stereocenters. The van der Waals surface area contributed by atoms with Gasteiger partial charge in [0.2, 0.25) is 0 Å². The van der Waals surface area contributed by atoms with Crippen molar-refractivity contribution in [3.8, 4) is 0 Å². The number of piperidine rings is 1. The van der Waals surface area contributed by atoms with E-state index in [0.717, 1.165) is 44.0 Å². The molecule has 3 N–H and O–H groups in total. The van der Waals surface area contributed by atoms with Gasteiger partial charge in [-0.2, -0.15) is 0 Å². The van der Waals surface area contributed by atoms with Crippen molar-refractivity contribution >= 4 is 5.69 Å². The predicted octanol–water partition coefficient (Wildman–Crippen LogP) is 2.23. The third-order valence-electron chi connectivity index (χ3n) is 4.31. The summed E-state index contributed by atoms with van der Waals surface area (Å²) in [7, 11) is 0. The average molecular weight is 300 g/mol. The number of hydrogen-bond donors (Lipinski definition) is 3. The topological polar surface area (TPSA) is 64.2 Å². The highest BCUT2D eigenvalue weighted by Gasteiger charge is 2.18. The van der Waals surface area contributed by atoms with Crippen molar-refractivity contribution in [1.82, 2.24) is 14.9 Å². The summed E-state index contributed by atoms with van der Waals surface area (Å²) >= 11 is 0. The van der Waals surface area contributed by atoms with Crippen LogP contribution in [0, 0.1) is 5.92 Å². The Morgan fingerprint density at radius 2 is 2.18 bits per heavy atom. The Morgan fingerprint density at radius 1 is 1.32 bits per heavy atom. The van der Waals surface area contributed by atoms with Crippen molar-refractivity contribution in [2.75, 3.05) is 25.0 Å². The third kappa shape index (κ3) is 4.08. The molecule has 2 heterocycles. The van der Waals surface area contributed by atoms with Crippen LogP contribution in [0.3, 0.4) is 0 Å². The molecule has 0 amide bonds. The number of nitrogens with zero attached hydrogens (tertiary/aromatic N) is 2. The largest absolute Gasteiger partial charge is 0.396 e. The lowest BCUT2D eigenvalue weighted by Gasteiger charge is -2.31. The normalized spacial score (nSPS) is 16.8. The van der Waals surface area contributed by atoms with Gasteiger partial charge < -0.3 is 15.4 Å². The van der Waals surface area contributed by atoms with Crippen LogP contribution >= 0.6 is 0 Å². The lowest BCUT2D eigenvalue weighted by molar-refractivity contribution is 0.127. The van der Waals surface area contributed by atoms with Gasteiger partial charge in [-0.1, -0.05) is 12.1 Å². The molecular formula is C17H24N4O. The van der Waals surface area contributed by atoms with E-state index in [1.54, 1.807) is 6.20 Å². The third-order valence-corrected chi connectivity index (χ3v) is 4.31. The van der Waals surface area contributed by atoms with E-state index in [-0.39, 0.29) is 0 Å². The summed E-state index contributed by atoms with van der Waals surface area (Å²) in [6.07, 6.45) is 5.81. The minimum atomic E-state index is 0.333. The van der Waals surface area contributed by atoms with E-state index in [2.05, 4.69) is 44.5 Å². The monoisotopic (exact) mass is 300 g/mol. The number of imidazole rings is 1. The average Bonchev–Trinajstić information content (AvgIpc) is 3.08. The van der Waals surface area contributed by atoms with Gasteiger partial charge in [-0.15, -0.1) is 0 Å². The quantitative estimate of drug-likeness (QED) is 0.765. The van der Waals surface area contributed by atoms with Crippen molar-refractivity contribution in [3.05, 3.63) is 48.0 Å². The zero-order valence-corrected chi connectivity index (χ0v) is 12.8. The first-order valence-corrected chi connectivity index (χ1v) is 7.98. The van der Waals surface area contributed by atoms with Gasteiger partial charge in [0.25, 0.3) is 0 Å². The molecule has 0 spiro atoms. The number of hydrogen-bond acceptors (Lipinski definition) is 4. The van der Waals surface area contributed by atoms with E-state index in [1.807, 2.05) is 6.20 Å². The van der Waals surface area contributed by atoms with Crippen LogP contribution in [0.4, 0.5) is 5.69 Å². The Bertz CT molecular complexity index is 562. The first-order valence-electron chi connectivity index (χ1n) is 7.98. The molecule has 118 valence electrons. The van der Waals surface area contributed by atoms with Crippen molar-refractivity contribution in [2.45, 2.75) is 25.9 Å². The van der Waals surface area contributed by atoms with Gasteiger partial charge in [-0.3, -0.25) is 4.90 Å². The summed E-state index contributed by atoms with van der Waals surface area (Å²) in [6, 6.07) is 8.57. The molecule has 5 heteroatoms. The highest BCUT2D eigenvalue weighted by atomic mass is 16.3. The van der Waals surface area contributed by atoms with E-state index in [4.69, 9.17) is 0 Å². The van der Waals surface area contributed by atoms with Crippen LogP contribution in [-0.2, 0) is 13.1 Å². The van der Waals surface area contributed by atoms with E-state index in [0.29, 0.717) is 19.1 Å². The number of anilines is 1. The smallest absolute Gasteiger partial charge is 0.125 e. The molecule has 3 rings (SSSR count). The van der Waals surface area contributed by atoms with Crippen LogP contribution in [0.15, 0.2) is 36.7 Å². The van der Waals surface area contributed by atoms with Gasteiger partial charge >= 0.3 is 0 Å². The minimum Gasteiger partial charge on any atom is -0.396 e. The summed E-state index contributed by atoms with van der Waals surface area (Å²) in [5.74, 6) is 1.44. The second-order valence-corrected chi connectivity index (χ2v) is 5.99. The molecule has 0 saturated carbocycles. The van der Waals surface area contributed by atoms with E-state index >= 15 is 0 Å². The van der Waals surface area contributed by atoms with E-state index in [1.165, 1.54) is 5.56 Å². The Kier molecular flexibility index (Phi) is 5.08. The first-order chi connectivity index (χ1) is 10.8. The SMILES string of the molecule is OCC1CCN(Cc2cccc(NCc3ncc[nH]3)c2)CC1. The molecule has 1 fully saturated rings. The van der Waals surface area contributed by atoms with Crippen molar-refractivity contribution in [3.63, 3.8) is 0 Å². The molecule has 1 aromatic heterocycles. The van der Waals surface area contributed by atoms with Crippen LogP contribution in [0.25, 0.3) is 0 Å². The number of aromatic nitrogens is 2. The summed E-state index contributed by atoms with van der Waals surface area (Å²) in [6.45, 7) is 4.18. The molecule has 1 aromatic carbocycles. The fourth-order valence-corrected chi connectivity index (χ4v) is 2.95. The molecule has 1 aliphatic heterocycles. The lowest BCUT2D eigenvalue weighted by Crippen LogP contribution is -2.34. The molecule has 5 nitrogen and oxygen atoms in total. The maximum atomic E-state index is 9.21. The highest BCUT2D eigenvalue weighted by Crippen LogP contribution is 2.19. The first kappa shape index (κ1) is 15.1. The lowest BCUT2D eigenvalue weighted by atomic mass is 9.97. The van der Waals surface area contributed by atoms with Gasteiger partial charge in [0.05, 0.1) is 6.54 Å². The van der Waals surface area contributed by atoms with Crippen molar-refractivity contribution < 1.29 is 5.11 Å². The molecule has 0 radical (unpaired) electrons. The summed E-state index contributed by atoms with van der Waals surface area (Å²) in [5, 5.41) is 12.6. The molecule has 1 saturated heterocycles. The summed E-state index contributed by atoms with van der Waals surface area (Å²) < 4.78 is 0. The number of aromatic amines is 1. The fourth-order valence-electron chi connectivity index (χ4n) is 2.95. The van der Waals surface area contributed by atoms with Gasteiger partial charge in [0.1, 0.15) is 5.82 Å². The molecule has 0 aliphatic carbocycles. The van der Waals surface area contributed by atoms with Gasteiger partial charge in [0, 0.05) is 31.2 Å². The standard InChI is InChI=1S/C17H24N4O/c22-13-14-4-8-21(9-5-14)12-15-2-1-3-16(10-15)20-11-17-18-6-7-19-17/h1-3,6-7,10,14,20,22H,4-5,8-9,11-13H2,(H,18,19). The molecule has 2 aromatic rings. The van der Waals surface area contributed by atoms with Crippen LogP contribution < -0.4 is 5.32 Å². The number of benzene rings is 1. The summed E-state index contributed by atoms with van der Waals surface area (Å²) in [5.41, 5.74) is 2.45.